The zero-order chi connectivity index (χ0) is 13.1. The fourth-order valence-electron chi connectivity index (χ4n) is 1.87. The molecule has 7 heteroatoms. The quantitative estimate of drug-likeness (QED) is 0.799. The monoisotopic (exact) mass is 252 g/mol. The lowest BCUT2D eigenvalue weighted by Gasteiger charge is -2.38. The number of nitrogens with zero attached hydrogens (tertiary/aromatic N) is 4. The molecule has 1 fully saturated rings. The van der Waals surface area contributed by atoms with Gasteiger partial charge < -0.3 is 15.5 Å². The number of rotatable bonds is 4. The van der Waals surface area contributed by atoms with Gasteiger partial charge in [-0.05, 0) is 20.9 Å². The van der Waals surface area contributed by atoms with Gasteiger partial charge in [0.25, 0.3) is 0 Å². The maximum Gasteiger partial charge on any atom is 0.317 e. The molecule has 2 amide bonds. The second-order valence-electron chi connectivity index (χ2n) is 4.53. The van der Waals surface area contributed by atoms with Crippen molar-refractivity contribution in [1.82, 2.24) is 30.5 Å². The first-order chi connectivity index (χ1) is 8.65. The van der Waals surface area contributed by atoms with Crippen LogP contribution in [-0.2, 0) is 0 Å². The predicted octanol–water partition coefficient (Wildman–Crippen LogP) is 0.145. The molecular formula is C11H20N6O. The van der Waals surface area contributed by atoms with Crippen molar-refractivity contribution in [1.29, 1.82) is 0 Å². The van der Waals surface area contributed by atoms with E-state index in [0.29, 0.717) is 19.6 Å². The van der Waals surface area contributed by atoms with Gasteiger partial charge in [-0.15, -0.1) is 5.10 Å². The van der Waals surface area contributed by atoms with E-state index < -0.39 is 0 Å². The first-order valence-electron chi connectivity index (χ1n) is 6.27. The molecular weight excluding hydrogens is 232 g/mol. The molecule has 1 unspecified atom stereocenters. The fraction of sp³-hybridized carbons (Fsp3) is 0.727. The third kappa shape index (κ3) is 2.45. The van der Waals surface area contributed by atoms with E-state index >= 15 is 0 Å². The van der Waals surface area contributed by atoms with Crippen LogP contribution in [-0.4, -0.2) is 52.6 Å². The molecule has 2 rings (SSSR count). The summed E-state index contributed by atoms with van der Waals surface area (Å²) in [7, 11) is 1.89. The van der Waals surface area contributed by atoms with Gasteiger partial charge in [0.2, 0.25) is 0 Å². The number of hydrogen-bond donors (Lipinski definition) is 2. The van der Waals surface area contributed by atoms with E-state index in [4.69, 9.17) is 0 Å². The fourth-order valence-corrected chi connectivity index (χ4v) is 1.87. The summed E-state index contributed by atoms with van der Waals surface area (Å²) in [5, 5.41) is 14.1. The first kappa shape index (κ1) is 12.8. The maximum absolute atomic E-state index is 11.5. The van der Waals surface area contributed by atoms with Crippen LogP contribution in [0.4, 0.5) is 4.79 Å². The van der Waals surface area contributed by atoms with Crippen molar-refractivity contribution in [3.05, 3.63) is 11.9 Å². The highest BCUT2D eigenvalue weighted by Crippen LogP contribution is 2.21. The molecule has 1 aliphatic rings. The first-order valence-corrected chi connectivity index (χ1v) is 6.27. The number of urea groups is 1. The van der Waals surface area contributed by atoms with E-state index in [9.17, 15) is 4.79 Å². The topological polar surface area (TPSA) is 75.1 Å². The van der Waals surface area contributed by atoms with Crippen LogP contribution in [0.2, 0.25) is 0 Å². The average Bonchev–Trinajstić information content (AvgIpc) is 2.75. The zero-order valence-corrected chi connectivity index (χ0v) is 11.1. The highest BCUT2D eigenvalue weighted by Gasteiger charge is 2.32. The van der Waals surface area contributed by atoms with Gasteiger partial charge in [0.15, 0.2) is 0 Å². The van der Waals surface area contributed by atoms with Crippen molar-refractivity contribution < 1.29 is 4.79 Å². The molecule has 0 aliphatic carbocycles. The molecule has 7 nitrogen and oxygen atoms in total. The Morgan fingerprint density at radius 3 is 2.94 bits per heavy atom. The molecule has 1 aromatic heterocycles. The Hall–Kier alpha value is -1.63. The number of nitrogens with one attached hydrogen (secondary N) is 2. The van der Waals surface area contributed by atoms with Crippen LogP contribution < -0.4 is 10.6 Å². The van der Waals surface area contributed by atoms with Crippen molar-refractivity contribution >= 4 is 6.03 Å². The van der Waals surface area contributed by atoms with E-state index in [0.717, 1.165) is 5.69 Å². The Morgan fingerprint density at radius 1 is 1.61 bits per heavy atom. The van der Waals surface area contributed by atoms with Crippen LogP contribution in [0, 0.1) is 0 Å². The molecule has 0 saturated carbocycles. The Balaban J connectivity index is 1.88. The summed E-state index contributed by atoms with van der Waals surface area (Å²) in [6.07, 6.45) is 1.95. The third-order valence-corrected chi connectivity index (χ3v) is 3.26. The second kappa shape index (κ2) is 5.34. The van der Waals surface area contributed by atoms with Gasteiger partial charge in [-0.25, -0.2) is 9.48 Å². The van der Waals surface area contributed by atoms with Crippen molar-refractivity contribution in [2.75, 3.05) is 26.7 Å². The van der Waals surface area contributed by atoms with Crippen LogP contribution in [0.1, 0.15) is 31.6 Å². The smallest absolute Gasteiger partial charge is 0.317 e. The number of carbonyl (C=O) groups excluding carboxylic acids is 1. The van der Waals surface area contributed by atoms with Crippen molar-refractivity contribution in [2.24, 2.45) is 0 Å². The highest BCUT2D eigenvalue weighted by molar-refractivity contribution is 5.75. The molecule has 1 atom stereocenters. The lowest BCUT2D eigenvalue weighted by atomic mass is 10.1. The van der Waals surface area contributed by atoms with Crippen molar-refractivity contribution in [2.45, 2.75) is 25.9 Å². The normalized spacial score (nSPS) is 17.4. The highest BCUT2D eigenvalue weighted by atomic mass is 16.2. The minimum atomic E-state index is -0.00215. The standard InChI is InChI=1S/C11H20N6O/c1-4-13-11(18)16-5-9(6-16)17-7-10(14-15-17)8(2)12-3/h7-9,12H,4-6H2,1-3H3,(H,13,18). The van der Waals surface area contributed by atoms with Crippen LogP contribution >= 0.6 is 0 Å². The minimum absolute atomic E-state index is 0.00215. The Bertz CT molecular complexity index is 411. The molecule has 18 heavy (non-hydrogen) atoms. The summed E-state index contributed by atoms with van der Waals surface area (Å²) in [6, 6.07) is 0.439. The number of hydrogen-bond acceptors (Lipinski definition) is 4. The average molecular weight is 252 g/mol. The van der Waals surface area contributed by atoms with Crippen LogP contribution in [0.25, 0.3) is 0 Å². The summed E-state index contributed by atoms with van der Waals surface area (Å²) in [5.41, 5.74) is 0.925. The van der Waals surface area contributed by atoms with E-state index in [1.165, 1.54) is 0 Å². The molecule has 0 bridgehead atoms. The SMILES string of the molecule is CCNC(=O)N1CC(n2cc(C(C)NC)nn2)C1. The van der Waals surface area contributed by atoms with Gasteiger partial charge in [0.1, 0.15) is 0 Å². The summed E-state index contributed by atoms with van der Waals surface area (Å²) < 4.78 is 1.85. The van der Waals surface area contributed by atoms with Gasteiger partial charge >= 0.3 is 6.03 Å². The van der Waals surface area contributed by atoms with Gasteiger partial charge in [0.05, 0.1) is 17.9 Å². The summed E-state index contributed by atoms with van der Waals surface area (Å²) in [6.45, 7) is 6.01. The molecule has 0 radical (unpaired) electrons. The lowest BCUT2D eigenvalue weighted by Crippen LogP contribution is -2.54. The van der Waals surface area contributed by atoms with Gasteiger partial charge in [-0.2, -0.15) is 0 Å². The predicted molar refractivity (Wildman–Crippen MR) is 67.2 cm³/mol. The van der Waals surface area contributed by atoms with Gasteiger partial charge in [-0.3, -0.25) is 0 Å². The Morgan fingerprint density at radius 2 is 2.33 bits per heavy atom. The van der Waals surface area contributed by atoms with Crippen LogP contribution in [0.3, 0.4) is 0 Å². The lowest BCUT2D eigenvalue weighted by molar-refractivity contribution is 0.118. The number of carbonyl (C=O) groups is 1. The molecule has 1 saturated heterocycles. The summed E-state index contributed by atoms with van der Waals surface area (Å²) >= 11 is 0. The summed E-state index contributed by atoms with van der Waals surface area (Å²) in [4.78, 5) is 13.3. The molecule has 2 heterocycles. The van der Waals surface area contributed by atoms with Crippen LogP contribution in [0.15, 0.2) is 6.20 Å². The Kier molecular flexibility index (Phi) is 3.81. The van der Waals surface area contributed by atoms with Crippen molar-refractivity contribution in [3.8, 4) is 0 Å². The molecule has 0 aromatic carbocycles. The van der Waals surface area contributed by atoms with E-state index in [1.807, 2.05) is 31.8 Å². The maximum atomic E-state index is 11.5. The number of likely N-dealkylation sites (tertiary alicyclic amines) is 1. The Labute approximate surface area is 107 Å². The largest absolute Gasteiger partial charge is 0.338 e. The number of amides is 2. The van der Waals surface area contributed by atoms with E-state index in [-0.39, 0.29) is 18.1 Å². The second-order valence-corrected chi connectivity index (χ2v) is 4.53. The van der Waals surface area contributed by atoms with Gasteiger partial charge in [-0.1, -0.05) is 5.21 Å². The molecule has 1 aliphatic heterocycles. The molecule has 0 spiro atoms. The molecule has 2 N–H and O–H groups in total. The van der Waals surface area contributed by atoms with Gasteiger partial charge in [0, 0.05) is 25.7 Å². The zero-order valence-electron chi connectivity index (χ0n) is 11.1. The minimum Gasteiger partial charge on any atom is -0.338 e. The molecule has 1 aromatic rings. The third-order valence-electron chi connectivity index (χ3n) is 3.26. The van der Waals surface area contributed by atoms with E-state index in [2.05, 4.69) is 20.9 Å². The van der Waals surface area contributed by atoms with Crippen molar-refractivity contribution in [3.63, 3.8) is 0 Å². The van der Waals surface area contributed by atoms with E-state index in [1.54, 1.807) is 4.90 Å². The van der Waals surface area contributed by atoms with Crippen LogP contribution in [0.5, 0.6) is 0 Å². The summed E-state index contributed by atoms with van der Waals surface area (Å²) in [5.74, 6) is 0. The number of aromatic nitrogens is 3. The molecule has 100 valence electrons.